The van der Waals surface area contributed by atoms with E-state index < -0.39 is 0 Å². The van der Waals surface area contributed by atoms with E-state index in [-0.39, 0.29) is 18.4 Å². The van der Waals surface area contributed by atoms with Crippen molar-refractivity contribution < 1.29 is 14.3 Å². The normalized spacial score (nSPS) is 14.3. The van der Waals surface area contributed by atoms with Gasteiger partial charge in [-0.1, -0.05) is 41.4 Å². The van der Waals surface area contributed by atoms with E-state index >= 15 is 0 Å². The first kappa shape index (κ1) is 19.6. The van der Waals surface area contributed by atoms with Gasteiger partial charge in [0.05, 0.1) is 5.02 Å². The van der Waals surface area contributed by atoms with E-state index in [0.29, 0.717) is 47.7 Å². The summed E-state index contributed by atoms with van der Waals surface area (Å²) in [6.07, 6.45) is 0. The number of carbonyl (C=O) groups excluding carboxylic acids is 2. The summed E-state index contributed by atoms with van der Waals surface area (Å²) in [6.45, 7) is 1.76. The summed E-state index contributed by atoms with van der Waals surface area (Å²) in [7, 11) is 0. The molecule has 0 spiro atoms. The molecule has 0 atom stereocenters. The number of nitrogens with one attached hydrogen (secondary N) is 1. The van der Waals surface area contributed by atoms with Gasteiger partial charge in [-0.15, -0.1) is 0 Å². The Labute approximate surface area is 177 Å². The molecule has 29 heavy (non-hydrogen) atoms. The highest BCUT2D eigenvalue weighted by molar-refractivity contribution is 6.35. The molecule has 4 rings (SSSR count). The SMILES string of the molecule is O=C(COc1ccc(Cl)cc1Cl)N1CCN(C(=O)c2cc3ccccc3[nH]2)CC1. The summed E-state index contributed by atoms with van der Waals surface area (Å²) in [5.74, 6) is 0.211. The molecule has 2 amide bonds. The first-order chi connectivity index (χ1) is 14.0. The predicted molar refractivity (Wildman–Crippen MR) is 113 cm³/mol. The number of hydrogen-bond acceptors (Lipinski definition) is 3. The molecule has 0 unspecified atom stereocenters. The average Bonchev–Trinajstić information content (AvgIpc) is 3.17. The molecule has 2 aromatic carbocycles. The fourth-order valence-corrected chi connectivity index (χ4v) is 3.80. The Morgan fingerprint density at radius 1 is 0.966 bits per heavy atom. The molecule has 3 aromatic rings. The lowest BCUT2D eigenvalue weighted by Gasteiger charge is -2.34. The van der Waals surface area contributed by atoms with Crippen molar-refractivity contribution in [2.24, 2.45) is 0 Å². The van der Waals surface area contributed by atoms with Crippen molar-refractivity contribution in [2.75, 3.05) is 32.8 Å². The minimum atomic E-state index is -0.145. The first-order valence-electron chi connectivity index (χ1n) is 9.24. The van der Waals surface area contributed by atoms with Crippen molar-refractivity contribution in [1.29, 1.82) is 0 Å². The summed E-state index contributed by atoms with van der Waals surface area (Å²) < 4.78 is 5.52. The van der Waals surface area contributed by atoms with Crippen molar-refractivity contribution in [3.8, 4) is 5.75 Å². The van der Waals surface area contributed by atoms with Crippen LogP contribution in [0.4, 0.5) is 0 Å². The van der Waals surface area contributed by atoms with E-state index in [0.717, 1.165) is 10.9 Å². The van der Waals surface area contributed by atoms with Gasteiger partial charge in [-0.05, 0) is 30.3 Å². The topological polar surface area (TPSA) is 65.6 Å². The number of nitrogens with zero attached hydrogens (tertiary/aromatic N) is 2. The summed E-state index contributed by atoms with van der Waals surface area (Å²) in [5.41, 5.74) is 1.49. The fourth-order valence-electron chi connectivity index (χ4n) is 3.34. The van der Waals surface area contributed by atoms with Crippen molar-refractivity contribution >= 4 is 45.9 Å². The van der Waals surface area contributed by atoms with Crippen LogP contribution in [0.3, 0.4) is 0 Å². The number of para-hydroxylation sites is 1. The largest absolute Gasteiger partial charge is 0.482 e. The molecule has 1 N–H and O–H groups in total. The number of carbonyl (C=O) groups is 2. The van der Waals surface area contributed by atoms with Crippen LogP contribution in [0.1, 0.15) is 10.5 Å². The minimum Gasteiger partial charge on any atom is -0.482 e. The molecule has 2 heterocycles. The minimum absolute atomic E-state index is 0.0579. The molecule has 1 fully saturated rings. The monoisotopic (exact) mass is 431 g/mol. The zero-order valence-electron chi connectivity index (χ0n) is 15.5. The second kappa shape index (κ2) is 8.35. The number of benzene rings is 2. The zero-order valence-corrected chi connectivity index (χ0v) is 17.0. The van der Waals surface area contributed by atoms with Crippen molar-refractivity contribution in [3.05, 3.63) is 64.3 Å². The third-order valence-corrected chi connectivity index (χ3v) is 5.46. The second-order valence-electron chi connectivity index (χ2n) is 6.81. The summed E-state index contributed by atoms with van der Waals surface area (Å²) in [5, 5.41) is 1.87. The van der Waals surface area contributed by atoms with Gasteiger partial charge < -0.3 is 19.5 Å². The standard InChI is InChI=1S/C21H19Cl2N3O3/c22-15-5-6-19(16(23)12-15)29-13-20(27)25-7-9-26(10-8-25)21(28)18-11-14-3-1-2-4-17(14)24-18/h1-6,11-12,24H,7-10,13H2. The molecule has 0 aliphatic carbocycles. The number of amides is 2. The Hall–Kier alpha value is -2.70. The molecule has 1 aliphatic rings. The molecule has 150 valence electrons. The fraction of sp³-hybridized carbons (Fsp3) is 0.238. The van der Waals surface area contributed by atoms with E-state index in [1.807, 2.05) is 30.3 Å². The Morgan fingerprint density at radius 2 is 1.69 bits per heavy atom. The van der Waals surface area contributed by atoms with Gasteiger partial charge in [0.2, 0.25) is 0 Å². The molecule has 1 aromatic heterocycles. The number of piperazine rings is 1. The van der Waals surface area contributed by atoms with Crippen molar-refractivity contribution in [2.45, 2.75) is 0 Å². The van der Waals surface area contributed by atoms with Gasteiger partial charge in [0, 0.05) is 42.1 Å². The number of ether oxygens (including phenoxy) is 1. The molecule has 1 aliphatic heterocycles. The van der Waals surface area contributed by atoms with Crippen LogP contribution in [0.5, 0.6) is 5.75 Å². The maximum Gasteiger partial charge on any atom is 0.270 e. The van der Waals surface area contributed by atoms with Crippen LogP contribution in [-0.4, -0.2) is 59.4 Å². The highest BCUT2D eigenvalue weighted by Gasteiger charge is 2.26. The number of hydrogen-bond donors (Lipinski definition) is 1. The Morgan fingerprint density at radius 3 is 2.41 bits per heavy atom. The van der Waals surface area contributed by atoms with Gasteiger partial charge >= 0.3 is 0 Å². The van der Waals surface area contributed by atoms with Gasteiger partial charge in [-0.25, -0.2) is 0 Å². The highest BCUT2D eigenvalue weighted by atomic mass is 35.5. The zero-order chi connectivity index (χ0) is 20.4. The molecule has 1 saturated heterocycles. The lowest BCUT2D eigenvalue weighted by Crippen LogP contribution is -2.51. The maximum absolute atomic E-state index is 12.8. The summed E-state index contributed by atoms with van der Waals surface area (Å²) in [4.78, 5) is 31.8. The van der Waals surface area contributed by atoms with Crippen LogP contribution in [0.25, 0.3) is 10.9 Å². The van der Waals surface area contributed by atoms with Gasteiger partial charge in [0.25, 0.3) is 11.8 Å². The number of rotatable bonds is 4. The van der Waals surface area contributed by atoms with Gasteiger partial charge in [-0.3, -0.25) is 9.59 Å². The van der Waals surface area contributed by atoms with E-state index in [2.05, 4.69) is 4.98 Å². The molecule has 0 saturated carbocycles. The Kier molecular flexibility index (Phi) is 5.65. The van der Waals surface area contributed by atoms with Crippen LogP contribution < -0.4 is 4.74 Å². The Bertz CT molecular complexity index is 1030. The molecule has 8 heteroatoms. The predicted octanol–water partition coefficient (Wildman–Crippen LogP) is 3.84. The van der Waals surface area contributed by atoms with Crippen LogP contribution in [0.2, 0.25) is 10.0 Å². The van der Waals surface area contributed by atoms with Crippen LogP contribution >= 0.6 is 23.2 Å². The Balaban J connectivity index is 1.31. The van der Waals surface area contributed by atoms with Gasteiger partial charge in [0.15, 0.2) is 6.61 Å². The highest BCUT2D eigenvalue weighted by Crippen LogP contribution is 2.27. The van der Waals surface area contributed by atoms with E-state index in [1.165, 1.54) is 0 Å². The van der Waals surface area contributed by atoms with E-state index in [9.17, 15) is 9.59 Å². The second-order valence-corrected chi connectivity index (χ2v) is 7.65. The van der Waals surface area contributed by atoms with E-state index in [1.54, 1.807) is 28.0 Å². The van der Waals surface area contributed by atoms with E-state index in [4.69, 9.17) is 27.9 Å². The van der Waals surface area contributed by atoms with Crippen LogP contribution in [-0.2, 0) is 4.79 Å². The smallest absolute Gasteiger partial charge is 0.270 e. The molecule has 0 radical (unpaired) electrons. The molecule has 6 nitrogen and oxygen atoms in total. The van der Waals surface area contributed by atoms with Gasteiger partial charge in [-0.2, -0.15) is 0 Å². The van der Waals surface area contributed by atoms with Crippen LogP contribution in [0, 0.1) is 0 Å². The average molecular weight is 432 g/mol. The number of H-pyrrole nitrogens is 1. The summed E-state index contributed by atoms with van der Waals surface area (Å²) >= 11 is 11.9. The number of aromatic nitrogens is 1. The van der Waals surface area contributed by atoms with Crippen LogP contribution in [0.15, 0.2) is 48.5 Å². The lowest BCUT2D eigenvalue weighted by atomic mass is 10.2. The third-order valence-electron chi connectivity index (χ3n) is 4.93. The third kappa shape index (κ3) is 4.33. The number of aromatic amines is 1. The molecule has 0 bridgehead atoms. The number of halogens is 2. The molecular weight excluding hydrogens is 413 g/mol. The van der Waals surface area contributed by atoms with Crippen molar-refractivity contribution in [1.82, 2.24) is 14.8 Å². The molecular formula is C21H19Cl2N3O3. The number of fused-ring (bicyclic) bond motifs is 1. The quantitative estimate of drug-likeness (QED) is 0.682. The summed E-state index contributed by atoms with van der Waals surface area (Å²) in [6, 6.07) is 14.5. The maximum atomic E-state index is 12.8. The lowest BCUT2D eigenvalue weighted by molar-refractivity contribution is -0.134. The van der Waals surface area contributed by atoms with Gasteiger partial charge in [0.1, 0.15) is 11.4 Å². The first-order valence-corrected chi connectivity index (χ1v) is 9.99. The van der Waals surface area contributed by atoms with Crippen molar-refractivity contribution in [3.63, 3.8) is 0 Å².